The Morgan fingerprint density at radius 2 is 2.31 bits per heavy atom. The molecule has 0 fully saturated rings. The third-order valence-corrected chi connectivity index (χ3v) is 1.94. The molecule has 0 aliphatic rings. The van der Waals surface area contributed by atoms with Gasteiger partial charge in [0.25, 0.3) is 0 Å². The van der Waals surface area contributed by atoms with Crippen LogP contribution in [-0.4, -0.2) is 21.2 Å². The van der Waals surface area contributed by atoms with Gasteiger partial charge in [-0.2, -0.15) is 0 Å². The van der Waals surface area contributed by atoms with Crippen LogP contribution < -0.4 is 0 Å². The van der Waals surface area contributed by atoms with Crippen molar-refractivity contribution in [2.45, 2.75) is 13.5 Å². The molecule has 0 aromatic carbocycles. The fourth-order valence-corrected chi connectivity index (χ4v) is 1.50. The maximum absolute atomic E-state index is 10.7. The molecule has 1 heterocycles. The van der Waals surface area contributed by atoms with Crippen LogP contribution in [0.5, 0.6) is 0 Å². The summed E-state index contributed by atoms with van der Waals surface area (Å²) in [5.41, 5.74) is 1.05. The highest BCUT2D eigenvalue weighted by Gasteiger charge is 2.11. The number of pyridine rings is 1. The lowest BCUT2D eigenvalue weighted by atomic mass is 10.1. The summed E-state index contributed by atoms with van der Waals surface area (Å²) in [6.07, 6.45) is 0. The standard InChI is InChI=1S/C8H9NO3S/c1-4-2-5(3-10)6(8(11)12)7(13)9-4/h2,10H,3H2,1H3,(H,9,13)(H,11,12). The number of aryl methyl sites for hydroxylation is 1. The summed E-state index contributed by atoms with van der Waals surface area (Å²) >= 11 is 4.82. The molecule has 3 N–H and O–H groups in total. The Morgan fingerprint density at radius 3 is 2.77 bits per heavy atom. The van der Waals surface area contributed by atoms with Crippen molar-refractivity contribution >= 4 is 18.2 Å². The van der Waals surface area contributed by atoms with Crippen molar-refractivity contribution in [2.75, 3.05) is 0 Å². The minimum atomic E-state index is -1.12. The van der Waals surface area contributed by atoms with Crippen molar-refractivity contribution in [2.24, 2.45) is 0 Å². The van der Waals surface area contributed by atoms with Crippen LogP contribution in [0.15, 0.2) is 6.07 Å². The second-order valence-corrected chi connectivity index (χ2v) is 3.05. The zero-order valence-corrected chi connectivity index (χ0v) is 7.81. The van der Waals surface area contributed by atoms with Crippen LogP contribution in [0.2, 0.25) is 0 Å². The number of hydrogen-bond acceptors (Lipinski definition) is 3. The van der Waals surface area contributed by atoms with Crippen LogP contribution in [0, 0.1) is 11.6 Å². The highest BCUT2D eigenvalue weighted by molar-refractivity contribution is 7.71. The van der Waals surface area contributed by atoms with Gasteiger partial charge in [-0.3, -0.25) is 0 Å². The van der Waals surface area contributed by atoms with E-state index in [-0.39, 0.29) is 16.8 Å². The van der Waals surface area contributed by atoms with E-state index < -0.39 is 5.97 Å². The molecular formula is C8H9NO3S. The molecule has 0 aliphatic carbocycles. The zero-order chi connectivity index (χ0) is 10.0. The Hall–Kier alpha value is -1.20. The first-order chi connectivity index (χ1) is 6.06. The minimum absolute atomic E-state index is 0.0249. The smallest absolute Gasteiger partial charge is 0.339 e. The minimum Gasteiger partial charge on any atom is -0.478 e. The molecule has 0 atom stereocenters. The van der Waals surface area contributed by atoms with E-state index in [1.807, 2.05) is 0 Å². The van der Waals surface area contributed by atoms with Gasteiger partial charge < -0.3 is 15.2 Å². The molecule has 1 rings (SSSR count). The zero-order valence-electron chi connectivity index (χ0n) is 7.00. The summed E-state index contributed by atoms with van der Waals surface area (Å²) in [4.78, 5) is 13.4. The van der Waals surface area contributed by atoms with Crippen LogP contribution in [0.1, 0.15) is 21.6 Å². The molecule has 1 aromatic heterocycles. The van der Waals surface area contributed by atoms with Gasteiger partial charge in [-0.1, -0.05) is 12.2 Å². The van der Waals surface area contributed by atoms with Gasteiger partial charge >= 0.3 is 5.97 Å². The van der Waals surface area contributed by atoms with E-state index in [0.29, 0.717) is 5.56 Å². The van der Waals surface area contributed by atoms with Gasteiger partial charge in [-0.15, -0.1) is 0 Å². The van der Waals surface area contributed by atoms with Gasteiger partial charge in [0.1, 0.15) is 4.64 Å². The predicted molar refractivity (Wildman–Crippen MR) is 49.2 cm³/mol. The fraction of sp³-hybridized carbons (Fsp3) is 0.250. The highest BCUT2D eigenvalue weighted by Crippen LogP contribution is 2.11. The van der Waals surface area contributed by atoms with E-state index in [1.54, 1.807) is 13.0 Å². The lowest BCUT2D eigenvalue weighted by molar-refractivity contribution is 0.0692. The second kappa shape index (κ2) is 3.68. The molecule has 13 heavy (non-hydrogen) atoms. The Balaban J connectivity index is 3.48. The Kier molecular flexibility index (Phi) is 2.79. The van der Waals surface area contributed by atoms with Crippen LogP contribution >= 0.6 is 12.2 Å². The third-order valence-electron chi connectivity index (χ3n) is 1.63. The summed E-state index contributed by atoms with van der Waals surface area (Å²) in [7, 11) is 0. The van der Waals surface area contributed by atoms with E-state index in [4.69, 9.17) is 22.4 Å². The number of aliphatic hydroxyl groups excluding tert-OH is 1. The highest BCUT2D eigenvalue weighted by atomic mass is 32.1. The molecule has 0 spiro atoms. The van der Waals surface area contributed by atoms with Crippen molar-refractivity contribution < 1.29 is 15.0 Å². The summed E-state index contributed by atoms with van der Waals surface area (Å²) < 4.78 is 0.150. The second-order valence-electron chi connectivity index (χ2n) is 2.64. The van der Waals surface area contributed by atoms with Gasteiger partial charge in [-0.25, -0.2) is 4.79 Å². The number of aromatic amines is 1. The number of carboxylic acid groups (broad SMARTS) is 1. The van der Waals surface area contributed by atoms with Crippen molar-refractivity contribution in [3.05, 3.63) is 27.5 Å². The van der Waals surface area contributed by atoms with E-state index in [9.17, 15) is 4.79 Å². The van der Waals surface area contributed by atoms with Crippen molar-refractivity contribution in [3.8, 4) is 0 Å². The molecule has 70 valence electrons. The van der Waals surface area contributed by atoms with Crippen LogP contribution in [0.3, 0.4) is 0 Å². The number of carboxylic acids is 1. The Bertz CT molecular complexity index is 397. The monoisotopic (exact) mass is 199 g/mol. The first kappa shape index (κ1) is 9.88. The topological polar surface area (TPSA) is 73.3 Å². The van der Waals surface area contributed by atoms with E-state index in [2.05, 4.69) is 4.98 Å². The number of rotatable bonds is 2. The molecule has 0 radical (unpaired) electrons. The number of hydrogen-bond donors (Lipinski definition) is 3. The SMILES string of the molecule is Cc1cc(CO)c(C(=O)O)c(=S)[nH]1. The Morgan fingerprint density at radius 1 is 1.69 bits per heavy atom. The normalized spacial score (nSPS) is 10.0. The van der Waals surface area contributed by atoms with Gasteiger partial charge in [0.15, 0.2) is 0 Å². The summed E-state index contributed by atoms with van der Waals surface area (Å²) in [5.74, 6) is -1.12. The van der Waals surface area contributed by atoms with Crippen LogP contribution in [0.25, 0.3) is 0 Å². The molecule has 0 amide bonds. The van der Waals surface area contributed by atoms with Crippen molar-refractivity contribution in [1.82, 2.24) is 4.98 Å². The van der Waals surface area contributed by atoms with Gasteiger partial charge in [0.2, 0.25) is 0 Å². The third kappa shape index (κ3) is 1.93. The van der Waals surface area contributed by atoms with Crippen molar-refractivity contribution in [3.63, 3.8) is 0 Å². The number of aliphatic hydroxyl groups is 1. The van der Waals surface area contributed by atoms with Gasteiger partial charge in [0, 0.05) is 5.69 Å². The van der Waals surface area contributed by atoms with E-state index >= 15 is 0 Å². The maximum atomic E-state index is 10.7. The Labute approximate surface area is 79.9 Å². The lowest BCUT2D eigenvalue weighted by Crippen LogP contribution is -2.05. The average Bonchev–Trinajstić information content (AvgIpc) is 2.01. The number of H-pyrrole nitrogens is 1. The van der Waals surface area contributed by atoms with E-state index in [0.717, 1.165) is 5.69 Å². The number of aromatic nitrogens is 1. The maximum Gasteiger partial charge on any atom is 0.339 e. The largest absolute Gasteiger partial charge is 0.478 e. The molecule has 5 heteroatoms. The quantitative estimate of drug-likeness (QED) is 0.626. The molecule has 0 unspecified atom stereocenters. The van der Waals surface area contributed by atoms with Crippen molar-refractivity contribution in [1.29, 1.82) is 0 Å². The number of nitrogens with one attached hydrogen (secondary N) is 1. The lowest BCUT2D eigenvalue weighted by Gasteiger charge is -2.04. The van der Waals surface area contributed by atoms with Crippen LogP contribution in [-0.2, 0) is 6.61 Å². The van der Waals surface area contributed by atoms with Gasteiger partial charge in [-0.05, 0) is 18.6 Å². The molecule has 1 aromatic rings. The van der Waals surface area contributed by atoms with Gasteiger partial charge in [0.05, 0.1) is 12.2 Å². The number of carbonyl (C=O) groups is 1. The first-order valence-corrected chi connectivity index (χ1v) is 4.04. The first-order valence-electron chi connectivity index (χ1n) is 3.63. The molecule has 0 saturated heterocycles. The summed E-state index contributed by atoms with van der Waals surface area (Å²) in [6, 6.07) is 1.57. The summed E-state index contributed by atoms with van der Waals surface area (Å²) in [5, 5.41) is 17.7. The molecule has 0 aliphatic heterocycles. The molecular weight excluding hydrogens is 190 g/mol. The van der Waals surface area contributed by atoms with Crippen LogP contribution in [0.4, 0.5) is 0 Å². The fourth-order valence-electron chi connectivity index (χ4n) is 1.12. The molecule has 0 saturated carbocycles. The predicted octanol–water partition coefficient (Wildman–Crippen LogP) is 1.24. The molecule has 0 bridgehead atoms. The van der Waals surface area contributed by atoms with E-state index in [1.165, 1.54) is 0 Å². The molecule has 4 nitrogen and oxygen atoms in total. The average molecular weight is 199 g/mol. The number of aromatic carboxylic acids is 1. The summed E-state index contributed by atoms with van der Waals surface area (Å²) in [6.45, 7) is 1.43.